The van der Waals surface area contributed by atoms with Crippen molar-refractivity contribution in [2.45, 2.75) is 39.0 Å². The minimum Gasteiger partial charge on any atom is -0.325 e. The number of benzene rings is 1. The fourth-order valence-electron chi connectivity index (χ4n) is 2.48. The van der Waals surface area contributed by atoms with Gasteiger partial charge >= 0.3 is 0 Å². The molecule has 0 bridgehead atoms. The molecule has 1 aliphatic rings. The minimum atomic E-state index is -0.0560. The van der Waals surface area contributed by atoms with Crippen LogP contribution in [0.1, 0.15) is 43.7 Å². The minimum absolute atomic E-state index is 0.0560. The average molecular weight is 242 g/mol. The maximum absolute atomic E-state index is 12.0. The van der Waals surface area contributed by atoms with Crippen molar-refractivity contribution in [2.24, 2.45) is 5.92 Å². The number of carbonyl (C=O) groups excluding carboxylic acids is 1. The van der Waals surface area contributed by atoms with Crippen LogP contribution in [0.15, 0.2) is 18.2 Å². The standard InChI is InChI=1S/C15H18N2O/c1-10(2)13-7-3-5-11-9-12(6-4-8-16)15(18)17-14(11)13/h3,5,7,10,12H,4,6,9H2,1-2H3,(H,17,18). The van der Waals surface area contributed by atoms with E-state index in [-0.39, 0.29) is 11.8 Å². The van der Waals surface area contributed by atoms with Crippen molar-refractivity contribution in [1.29, 1.82) is 5.26 Å². The van der Waals surface area contributed by atoms with Gasteiger partial charge in [0.25, 0.3) is 0 Å². The number of para-hydroxylation sites is 1. The molecule has 0 radical (unpaired) electrons. The Kier molecular flexibility index (Phi) is 3.66. The molecule has 0 aromatic heterocycles. The fraction of sp³-hybridized carbons (Fsp3) is 0.467. The molecule has 1 N–H and O–H groups in total. The van der Waals surface area contributed by atoms with Crippen molar-refractivity contribution in [3.8, 4) is 6.07 Å². The molecule has 1 aromatic carbocycles. The molecule has 3 heteroatoms. The predicted molar refractivity (Wildman–Crippen MR) is 71.2 cm³/mol. The van der Waals surface area contributed by atoms with Crippen molar-refractivity contribution in [3.05, 3.63) is 29.3 Å². The molecular weight excluding hydrogens is 224 g/mol. The topological polar surface area (TPSA) is 52.9 Å². The molecule has 0 aliphatic carbocycles. The summed E-state index contributed by atoms with van der Waals surface area (Å²) in [6.45, 7) is 4.26. The van der Waals surface area contributed by atoms with E-state index < -0.39 is 0 Å². The van der Waals surface area contributed by atoms with Crippen LogP contribution in [-0.4, -0.2) is 5.91 Å². The number of amides is 1. The second-order valence-electron chi connectivity index (χ2n) is 5.12. The van der Waals surface area contributed by atoms with Gasteiger partial charge in [0, 0.05) is 18.0 Å². The van der Waals surface area contributed by atoms with Crippen molar-refractivity contribution in [1.82, 2.24) is 0 Å². The number of hydrogen-bond donors (Lipinski definition) is 1. The van der Waals surface area contributed by atoms with Crippen LogP contribution >= 0.6 is 0 Å². The Hall–Kier alpha value is -1.82. The Bertz CT molecular complexity index is 500. The third-order valence-corrected chi connectivity index (χ3v) is 3.49. The Labute approximate surface area is 108 Å². The SMILES string of the molecule is CC(C)c1cccc2c1NC(=O)C(CCC#N)C2. The number of nitrogens with one attached hydrogen (secondary N) is 1. The molecule has 0 spiro atoms. The van der Waals surface area contributed by atoms with Crippen molar-refractivity contribution in [2.75, 3.05) is 5.32 Å². The van der Waals surface area contributed by atoms with Crippen LogP contribution in [0, 0.1) is 17.2 Å². The number of carbonyl (C=O) groups is 1. The van der Waals surface area contributed by atoms with Gasteiger partial charge in [0.2, 0.25) is 5.91 Å². The zero-order valence-corrected chi connectivity index (χ0v) is 10.9. The molecule has 0 fully saturated rings. The van der Waals surface area contributed by atoms with Gasteiger partial charge in [-0.2, -0.15) is 5.26 Å². The zero-order valence-electron chi connectivity index (χ0n) is 10.9. The van der Waals surface area contributed by atoms with Gasteiger partial charge in [-0.1, -0.05) is 32.0 Å². The molecule has 1 aliphatic heterocycles. The summed E-state index contributed by atoms with van der Waals surface area (Å²) < 4.78 is 0. The molecule has 1 unspecified atom stereocenters. The lowest BCUT2D eigenvalue weighted by Crippen LogP contribution is -2.30. The second kappa shape index (κ2) is 5.22. The molecule has 3 nitrogen and oxygen atoms in total. The fourth-order valence-corrected chi connectivity index (χ4v) is 2.48. The predicted octanol–water partition coefficient (Wildman–Crippen LogP) is 3.22. The van der Waals surface area contributed by atoms with Gasteiger partial charge in [-0.15, -0.1) is 0 Å². The summed E-state index contributed by atoms with van der Waals surface area (Å²) in [5, 5.41) is 11.6. The quantitative estimate of drug-likeness (QED) is 0.884. The van der Waals surface area contributed by atoms with E-state index in [0.717, 1.165) is 12.1 Å². The Balaban J connectivity index is 2.28. The lowest BCUT2D eigenvalue weighted by molar-refractivity contribution is -0.120. The first kappa shape index (κ1) is 12.6. The number of nitrogens with zero attached hydrogens (tertiary/aromatic N) is 1. The third-order valence-electron chi connectivity index (χ3n) is 3.49. The summed E-state index contributed by atoms with van der Waals surface area (Å²) in [5.41, 5.74) is 3.38. The maximum atomic E-state index is 12.0. The Morgan fingerprint density at radius 1 is 1.50 bits per heavy atom. The highest BCUT2D eigenvalue weighted by atomic mass is 16.1. The van der Waals surface area contributed by atoms with Crippen molar-refractivity contribution < 1.29 is 4.79 Å². The summed E-state index contributed by atoms with van der Waals surface area (Å²) in [4.78, 5) is 12.0. The van der Waals surface area contributed by atoms with Crippen LogP contribution in [0.4, 0.5) is 5.69 Å². The van der Waals surface area contributed by atoms with E-state index in [1.165, 1.54) is 11.1 Å². The molecule has 0 saturated carbocycles. The maximum Gasteiger partial charge on any atom is 0.227 e. The first-order chi connectivity index (χ1) is 8.63. The molecule has 1 heterocycles. The summed E-state index contributed by atoms with van der Waals surface area (Å²) >= 11 is 0. The van der Waals surface area contributed by atoms with Gasteiger partial charge in [0.15, 0.2) is 0 Å². The zero-order chi connectivity index (χ0) is 13.1. The summed E-state index contributed by atoms with van der Waals surface area (Å²) in [5.74, 6) is 0.404. The lowest BCUT2D eigenvalue weighted by Gasteiger charge is -2.27. The van der Waals surface area contributed by atoms with Gasteiger partial charge < -0.3 is 5.32 Å². The molecule has 94 valence electrons. The molecule has 1 atom stereocenters. The van der Waals surface area contributed by atoms with Crippen LogP contribution in [0.3, 0.4) is 0 Å². The average Bonchev–Trinajstić information content (AvgIpc) is 2.35. The van der Waals surface area contributed by atoms with Gasteiger partial charge in [-0.25, -0.2) is 0 Å². The van der Waals surface area contributed by atoms with Gasteiger partial charge in [-0.3, -0.25) is 4.79 Å². The van der Waals surface area contributed by atoms with Crippen LogP contribution in [-0.2, 0) is 11.2 Å². The van der Waals surface area contributed by atoms with E-state index >= 15 is 0 Å². The highest BCUT2D eigenvalue weighted by Gasteiger charge is 2.27. The van der Waals surface area contributed by atoms with E-state index in [1.807, 2.05) is 6.07 Å². The van der Waals surface area contributed by atoms with E-state index in [4.69, 9.17) is 5.26 Å². The van der Waals surface area contributed by atoms with E-state index in [9.17, 15) is 4.79 Å². The van der Waals surface area contributed by atoms with E-state index in [2.05, 4.69) is 37.4 Å². The molecular formula is C15H18N2O. The summed E-state index contributed by atoms with van der Waals surface area (Å²) in [6, 6.07) is 8.30. The number of nitriles is 1. The smallest absolute Gasteiger partial charge is 0.227 e. The van der Waals surface area contributed by atoms with E-state index in [1.54, 1.807) is 0 Å². The lowest BCUT2D eigenvalue weighted by atomic mass is 9.86. The van der Waals surface area contributed by atoms with Gasteiger partial charge in [0.05, 0.1) is 6.07 Å². The van der Waals surface area contributed by atoms with Crippen molar-refractivity contribution in [3.63, 3.8) is 0 Å². The summed E-state index contributed by atoms with van der Waals surface area (Å²) in [7, 11) is 0. The Morgan fingerprint density at radius 2 is 2.28 bits per heavy atom. The highest BCUT2D eigenvalue weighted by Crippen LogP contribution is 2.34. The molecule has 1 amide bonds. The highest BCUT2D eigenvalue weighted by molar-refractivity contribution is 5.96. The molecule has 18 heavy (non-hydrogen) atoms. The first-order valence-electron chi connectivity index (χ1n) is 6.43. The summed E-state index contributed by atoms with van der Waals surface area (Å²) in [6.07, 6.45) is 1.84. The number of anilines is 1. The van der Waals surface area contributed by atoms with Crippen molar-refractivity contribution >= 4 is 11.6 Å². The van der Waals surface area contributed by atoms with Gasteiger partial charge in [-0.05, 0) is 29.9 Å². The van der Waals surface area contributed by atoms with Crippen LogP contribution in [0.25, 0.3) is 0 Å². The molecule has 1 aromatic rings. The molecule has 2 rings (SSSR count). The largest absolute Gasteiger partial charge is 0.325 e. The van der Waals surface area contributed by atoms with Gasteiger partial charge in [0.1, 0.15) is 0 Å². The monoisotopic (exact) mass is 242 g/mol. The van der Waals surface area contributed by atoms with E-state index in [0.29, 0.717) is 18.8 Å². The first-order valence-corrected chi connectivity index (χ1v) is 6.43. The number of rotatable bonds is 3. The number of hydrogen-bond acceptors (Lipinski definition) is 2. The van der Waals surface area contributed by atoms with Crippen LogP contribution in [0.2, 0.25) is 0 Å². The normalized spacial score (nSPS) is 18.1. The molecule has 0 saturated heterocycles. The van der Waals surface area contributed by atoms with Crippen LogP contribution < -0.4 is 5.32 Å². The third kappa shape index (κ3) is 2.38. The Morgan fingerprint density at radius 3 is 2.94 bits per heavy atom. The second-order valence-corrected chi connectivity index (χ2v) is 5.12. The van der Waals surface area contributed by atoms with Crippen LogP contribution in [0.5, 0.6) is 0 Å². The number of fused-ring (bicyclic) bond motifs is 1.